The molecule has 9 heteroatoms. The summed E-state index contributed by atoms with van der Waals surface area (Å²) in [6, 6.07) is 0. The highest BCUT2D eigenvalue weighted by Gasteiger charge is 2.38. The van der Waals surface area contributed by atoms with Crippen molar-refractivity contribution < 1.29 is 33.5 Å². The number of carbonyl (C=O) groups excluding carboxylic acids is 4. The van der Waals surface area contributed by atoms with Gasteiger partial charge in [0.05, 0.1) is 11.0 Å². The molecule has 1 heterocycles. The van der Waals surface area contributed by atoms with Gasteiger partial charge in [0, 0.05) is 26.0 Å². The van der Waals surface area contributed by atoms with Crippen molar-refractivity contribution in [3.05, 3.63) is 12.2 Å². The Kier molecular flexibility index (Phi) is 9.88. The third kappa shape index (κ3) is 9.15. The zero-order valence-electron chi connectivity index (χ0n) is 20.3. The van der Waals surface area contributed by atoms with Crippen LogP contribution >= 0.6 is 0 Å². The van der Waals surface area contributed by atoms with Crippen molar-refractivity contribution in [3.63, 3.8) is 0 Å². The Hall–Kier alpha value is -2.42. The molecule has 1 saturated heterocycles. The van der Waals surface area contributed by atoms with E-state index in [-0.39, 0.29) is 25.6 Å². The molecule has 2 aliphatic rings. The normalized spacial score (nSPS) is 20.7. The minimum atomic E-state index is -0.936. The number of hydrogen-bond acceptors (Lipinski definition) is 7. The van der Waals surface area contributed by atoms with E-state index in [9.17, 15) is 19.2 Å². The van der Waals surface area contributed by atoms with E-state index in [2.05, 4.69) is 17.5 Å². The Balaban J connectivity index is 1.67. The summed E-state index contributed by atoms with van der Waals surface area (Å²) in [5, 5.41) is 3.36. The Labute approximate surface area is 196 Å². The zero-order valence-corrected chi connectivity index (χ0v) is 20.3. The van der Waals surface area contributed by atoms with Gasteiger partial charge in [0.15, 0.2) is 0 Å². The average molecular weight is 467 g/mol. The summed E-state index contributed by atoms with van der Waals surface area (Å²) in [5.74, 6) is -1.65. The van der Waals surface area contributed by atoms with Crippen LogP contribution in [0.15, 0.2) is 12.2 Å². The number of hydrogen-bond donors (Lipinski definition) is 1. The third-order valence-electron chi connectivity index (χ3n) is 5.94. The SMILES string of the molecule is CC(C)(CCNC(=O)OC1CC/C=C/CCC1)OCCC(C)(C)C(=O)ON1C(=O)CCC1=O. The van der Waals surface area contributed by atoms with Crippen LogP contribution in [0.3, 0.4) is 0 Å². The first kappa shape index (κ1) is 26.8. The van der Waals surface area contributed by atoms with Gasteiger partial charge in [0.2, 0.25) is 0 Å². The molecule has 0 bridgehead atoms. The van der Waals surface area contributed by atoms with Crippen LogP contribution in [0.1, 0.15) is 85.5 Å². The molecule has 9 nitrogen and oxygen atoms in total. The first-order valence-corrected chi connectivity index (χ1v) is 11.8. The van der Waals surface area contributed by atoms with Crippen LogP contribution < -0.4 is 5.32 Å². The van der Waals surface area contributed by atoms with Crippen molar-refractivity contribution in [1.29, 1.82) is 0 Å². The number of imide groups is 1. The van der Waals surface area contributed by atoms with E-state index in [4.69, 9.17) is 14.3 Å². The molecule has 0 aromatic heterocycles. The molecule has 0 spiro atoms. The number of rotatable bonds is 10. The summed E-state index contributed by atoms with van der Waals surface area (Å²) in [6.45, 7) is 7.86. The lowest BCUT2D eigenvalue weighted by Gasteiger charge is -2.29. The molecule has 0 aromatic carbocycles. The molecule has 1 aliphatic heterocycles. The highest BCUT2D eigenvalue weighted by molar-refractivity contribution is 6.01. The van der Waals surface area contributed by atoms with Gasteiger partial charge in [-0.05, 0) is 72.6 Å². The van der Waals surface area contributed by atoms with Gasteiger partial charge in [-0.25, -0.2) is 9.59 Å². The van der Waals surface area contributed by atoms with Crippen molar-refractivity contribution >= 4 is 23.9 Å². The van der Waals surface area contributed by atoms with Gasteiger partial charge in [0.1, 0.15) is 6.10 Å². The lowest BCUT2D eigenvalue weighted by atomic mass is 9.90. The molecule has 1 unspecified atom stereocenters. The molecule has 0 radical (unpaired) electrons. The van der Waals surface area contributed by atoms with Crippen LogP contribution in [0.4, 0.5) is 4.79 Å². The topological polar surface area (TPSA) is 111 Å². The van der Waals surface area contributed by atoms with Crippen molar-refractivity contribution in [2.24, 2.45) is 5.41 Å². The molecule has 33 heavy (non-hydrogen) atoms. The van der Waals surface area contributed by atoms with E-state index in [1.54, 1.807) is 13.8 Å². The molecule has 1 N–H and O–H groups in total. The summed E-state index contributed by atoms with van der Waals surface area (Å²) in [7, 11) is 0. The van der Waals surface area contributed by atoms with Crippen molar-refractivity contribution in [2.75, 3.05) is 13.2 Å². The van der Waals surface area contributed by atoms with Crippen LogP contribution in [-0.2, 0) is 28.7 Å². The largest absolute Gasteiger partial charge is 0.446 e. The summed E-state index contributed by atoms with van der Waals surface area (Å²) < 4.78 is 11.5. The molecule has 2 rings (SSSR count). The van der Waals surface area contributed by atoms with Crippen LogP contribution in [-0.4, -0.2) is 53.8 Å². The molecule has 3 amide bonds. The lowest BCUT2D eigenvalue weighted by Crippen LogP contribution is -2.39. The number of hydroxylamine groups is 2. The molecule has 0 saturated carbocycles. The molecule has 0 aromatic rings. The van der Waals surface area contributed by atoms with Gasteiger partial charge < -0.3 is 19.6 Å². The van der Waals surface area contributed by atoms with Gasteiger partial charge in [-0.15, -0.1) is 5.06 Å². The van der Waals surface area contributed by atoms with E-state index in [0.717, 1.165) is 32.1 Å². The summed E-state index contributed by atoms with van der Waals surface area (Å²) in [6.07, 6.45) is 9.58. The fourth-order valence-corrected chi connectivity index (χ4v) is 3.52. The van der Waals surface area contributed by atoms with Gasteiger partial charge in [-0.2, -0.15) is 0 Å². The number of nitrogens with zero attached hydrogens (tertiary/aromatic N) is 1. The lowest BCUT2D eigenvalue weighted by molar-refractivity contribution is -0.205. The van der Waals surface area contributed by atoms with E-state index in [1.807, 2.05) is 13.8 Å². The first-order valence-electron chi connectivity index (χ1n) is 11.8. The van der Waals surface area contributed by atoms with Crippen molar-refractivity contribution in [2.45, 2.75) is 97.2 Å². The van der Waals surface area contributed by atoms with Gasteiger partial charge >= 0.3 is 12.1 Å². The number of alkyl carbamates (subject to hydrolysis) is 1. The molecule has 1 aliphatic carbocycles. The smallest absolute Gasteiger partial charge is 0.407 e. The van der Waals surface area contributed by atoms with E-state index >= 15 is 0 Å². The van der Waals surface area contributed by atoms with Gasteiger partial charge in [-0.3, -0.25) is 9.59 Å². The minimum absolute atomic E-state index is 0.0488. The quantitative estimate of drug-likeness (QED) is 0.385. The van der Waals surface area contributed by atoms with Crippen molar-refractivity contribution in [1.82, 2.24) is 10.4 Å². The van der Waals surface area contributed by atoms with Crippen LogP contribution in [0, 0.1) is 5.41 Å². The second kappa shape index (κ2) is 12.2. The highest BCUT2D eigenvalue weighted by Crippen LogP contribution is 2.26. The van der Waals surface area contributed by atoms with E-state index in [0.29, 0.717) is 24.4 Å². The van der Waals surface area contributed by atoms with Crippen molar-refractivity contribution in [3.8, 4) is 0 Å². The fraction of sp³-hybridized carbons (Fsp3) is 0.750. The summed E-state index contributed by atoms with van der Waals surface area (Å²) in [4.78, 5) is 52.9. The average Bonchev–Trinajstić information content (AvgIpc) is 3.01. The fourth-order valence-electron chi connectivity index (χ4n) is 3.52. The van der Waals surface area contributed by atoms with Crippen LogP contribution in [0.2, 0.25) is 0 Å². The number of carbonyl (C=O) groups is 4. The predicted octanol–water partition coefficient (Wildman–Crippen LogP) is 3.81. The highest BCUT2D eigenvalue weighted by atomic mass is 16.7. The van der Waals surface area contributed by atoms with E-state index in [1.165, 1.54) is 0 Å². The Morgan fingerprint density at radius 3 is 2.39 bits per heavy atom. The Morgan fingerprint density at radius 2 is 1.70 bits per heavy atom. The minimum Gasteiger partial charge on any atom is -0.446 e. The summed E-state index contributed by atoms with van der Waals surface area (Å²) >= 11 is 0. The van der Waals surface area contributed by atoms with Gasteiger partial charge in [0.25, 0.3) is 11.8 Å². The Bertz CT molecular complexity index is 729. The van der Waals surface area contributed by atoms with Crippen LogP contribution in [0.5, 0.6) is 0 Å². The maximum absolute atomic E-state index is 12.4. The first-order chi connectivity index (χ1) is 15.5. The van der Waals surface area contributed by atoms with Gasteiger partial charge in [-0.1, -0.05) is 12.2 Å². The molecular formula is C24H38N2O7. The molecular weight excluding hydrogens is 428 g/mol. The Morgan fingerprint density at radius 1 is 1.03 bits per heavy atom. The zero-order chi connectivity index (χ0) is 24.5. The standard InChI is InChI=1S/C24H38N2O7/c1-23(2,21(29)33-26-19(27)12-13-20(26)28)15-17-31-24(3,4)14-16-25-22(30)32-18-10-8-6-5-7-9-11-18/h5-6,18H,7-17H2,1-4H3,(H,25,30)/b6-5+. The molecule has 186 valence electrons. The molecule has 1 fully saturated rings. The molecule has 1 atom stereocenters. The second-order valence-corrected chi connectivity index (χ2v) is 9.89. The maximum Gasteiger partial charge on any atom is 0.407 e. The number of nitrogens with one attached hydrogen (secondary N) is 1. The number of amides is 3. The predicted molar refractivity (Wildman–Crippen MR) is 121 cm³/mol. The van der Waals surface area contributed by atoms with E-state index < -0.39 is 34.9 Å². The maximum atomic E-state index is 12.4. The summed E-state index contributed by atoms with van der Waals surface area (Å²) in [5.41, 5.74) is -1.47. The number of ether oxygens (including phenoxy) is 2. The van der Waals surface area contributed by atoms with Crippen LogP contribution in [0.25, 0.3) is 0 Å². The number of allylic oxidation sites excluding steroid dienone is 2. The second-order valence-electron chi connectivity index (χ2n) is 9.89. The monoisotopic (exact) mass is 466 g/mol. The third-order valence-corrected chi connectivity index (χ3v) is 5.94.